The van der Waals surface area contributed by atoms with Gasteiger partial charge in [0.05, 0.1) is 5.41 Å². The molecule has 3 rings (SSSR count). The molecule has 18 heavy (non-hydrogen) atoms. The third-order valence-electron chi connectivity index (χ3n) is 4.34. The van der Waals surface area contributed by atoms with Crippen molar-refractivity contribution >= 4 is 11.6 Å². The van der Waals surface area contributed by atoms with Gasteiger partial charge in [0.25, 0.3) is 0 Å². The summed E-state index contributed by atoms with van der Waals surface area (Å²) in [7, 11) is 0. The average molecular weight is 244 g/mol. The van der Waals surface area contributed by atoms with Crippen molar-refractivity contribution < 1.29 is 4.79 Å². The van der Waals surface area contributed by atoms with Gasteiger partial charge in [0.1, 0.15) is 0 Å². The van der Waals surface area contributed by atoms with Crippen LogP contribution in [-0.4, -0.2) is 29.4 Å². The van der Waals surface area contributed by atoms with E-state index in [1.807, 2.05) is 18.2 Å². The van der Waals surface area contributed by atoms with Crippen LogP contribution in [0.15, 0.2) is 24.3 Å². The lowest BCUT2D eigenvalue weighted by molar-refractivity contribution is -0.120. The van der Waals surface area contributed by atoms with E-state index in [2.05, 4.69) is 37.1 Å². The van der Waals surface area contributed by atoms with Crippen LogP contribution in [-0.2, 0) is 10.2 Å². The fourth-order valence-corrected chi connectivity index (χ4v) is 3.16. The normalized spacial score (nSPS) is 27.6. The van der Waals surface area contributed by atoms with Crippen LogP contribution in [0.1, 0.15) is 32.8 Å². The maximum Gasteiger partial charge on any atom is 0.236 e. The minimum Gasteiger partial charge on any atom is -0.325 e. The standard InChI is InChI=1S/C15H20N2O/c1-14(2,3)17-9-8-15(10-17)11-6-4-5-7-12(11)16-13(15)18/h4-7H,8-10H2,1-3H3,(H,16,18). The van der Waals surface area contributed by atoms with E-state index >= 15 is 0 Å². The van der Waals surface area contributed by atoms with Crippen molar-refractivity contribution in [3.8, 4) is 0 Å². The fraction of sp³-hybridized carbons (Fsp3) is 0.533. The number of para-hydroxylation sites is 1. The second-order valence-corrected chi connectivity index (χ2v) is 6.42. The molecule has 96 valence electrons. The predicted molar refractivity (Wildman–Crippen MR) is 72.7 cm³/mol. The molecule has 0 bridgehead atoms. The number of carbonyl (C=O) groups excluding carboxylic acids is 1. The number of nitrogens with one attached hydrogen (secondary N) is 1. The zero-order valence-electron chi connectivity index (χ0n) is 11.3. The Hall–Kier alpha value is -1.35. The lowest BCUT2D eigenvalue weighted by Gasteiger charge is -2.33. The lowest BCUT2D eigenvalue weighted by Crippen LogP contribution is -2.44. The van der Waals surface area contributed by atoms with E-state index in [0.29, 0.717) is 0 Å². The molecule has 1 aromatic carbocycles. The highest BCUT2D eigenvalue weighted by Gasteiger charge is 2.52. The van der Waals surface area contributed by atoms with Crippen molar-refractivity contribution in [1.29, 1.82) is 0 Å². The summed E-state index contributed by atoms with van der Waals surface area (Å²) < 4.78 is 0. The number of likely N-dealkylation sites (tertiary alicyclic amines) is 1. The Balaban J connectivity index is 2.00. The van der Waals surface area contributed by atoms with Gasteiger partial charge in [-0.2, -0.15) is 0 Å². The number of benzene rings is 1. The summed E-state index contributed by atoms with van der Waals surface area (Å²) in [4.78, 5) is 14.8. The zero-order valence-corrected chi connectivity index (χ0v) is 11.3. The second-order valence-electron chi connectivity index (χ2n) is 6.42. The van der Waals surface area contributed by atoms with Gasteiger partial charge < -0.3 is 5.32 Å². The van der Waals surface area contributed by atoms with Crippen LogP contribution in [0.4, 0.5) is 5.69 Å². The van der Waals surface area contributed by atoms with Crippen molar-refractivity contribution in [3.05, 3.63) is 29.8 Å². The van der Waals surface area contributed by atoms with Crippen LogP contribution in [0.25, 0.3) is 0 Å². The van der Waals surface area contributed by atoms with Crippen LogP contribution < -0.4 is 5.32 Å². The molecule has 1 unspecified atom stereocenters. The SMILES string of the molecule is CC(C)(C)N1CCC2(C1)C(=O)Nc1ccccc12. The first kappa shape index (κ1) is 11.7. The van der Waals surface area contributed by atoms with Crippen LogP contribution in [0.5, 0.6) is 0 Å². The third kappa shape index (κ3) is 1.50. The van der Waals surface area contributed by atoms with E-state index in [1.165, 1.54) is 5.56 Å². The Morgan fingerprint density at radius 2 is 2.00 bits per heavy atom. The molecular weight excluding hydrogens is 224 g/mol. The highest BCUT2D eigenvalue weighted by molar-refractivity contribution is 6.06. The molecular formula is C15H20N2O. The molecule has 1 spiro atoms. The number of anilines is 1. The maximum atomic E-state index is 12.4. The van der Waals surface area contributed by atoms with E-state index in [-0.39, 0.29) is 16.9 Å². The molecule has 0 saturated carbocycles. The molecule has 3 nitrogen and oxygen atoms in total. The van der Waals surface area contributed by atoms with Crippen molar-refractivity contribution in [2.24, 2.45) is 0 Å². The first-order valence-corrected chi connectivity index (χ1v) is 6.59. The number of rotatable bonds is 0. The lowest BCUT2D eigenvalue weighted by atomic mass is 9.81. The summed E-state index contributed by atoms with van der Waals surface area (Å²) in [6.45, 7) is 8.46. The first-order chi connectivity index (χ1) is 8.43. The molecule has 3 heteroatoms. The average Bonchev–Trinajstić information content (AvgIpc) is 2.85. The molecule has 1 saturated heterocycles. The molecule has 1 atom stereocenters. The Labute approximate surface area is 108 Å². The number of amides is 1. The highest BCUT2D eigenvalue weighted by atomic mass is 16.2. The van der Waals surface area contributed by atoms with Crippen molar-refractivity contribution in [3.63, 3.8) is 0 Å². The van der Waals surface area contributed by atoms with Gasteiger partial charge in [-0.25, -0.2) is 0 Å². The minimum atomic E-state index is -0.316. The minimum absolute atomic E-state index is 0.126. The number of carbonyl (C=O) groups is 1. The molecule has 1 N–H and O–H groups in total. The van der Waals surface area contributed by atoms with E-state index < -0.39 is 0 Å². The summed E-state index contributed by atoms with van der Waals surface area (Å²) in [6.07, 6.45) is 0.924. The zero-order chi connectivity index (χ0) is 13.0. The van der Waals surface area contributed by atoms with Gasteiger partial charge in [-0.15, -0.1) is 0 Å². The van der Waals surface area contributed by atoms with Gasteiger partial charge in [-0.1, -0.05) is 18.2 Å². The Morgan fingerprint density at radius 1 is 1.28 bits per heavy atom. The number of hydrogen-bond donors (Lipinski definition) is 1. The van der Waals surface area contributed by atoms with Gasteiger partial charge in [0.15, 0.2) is 0 Å². The molecule has 2 heterocycles. The molecule has 0 radical (unpaired) electrons. The molecule has 2 aliphatic heterocycles. The van der Waals surface area contributed by atoms with Crippen molar-refractivity contribution in [1.82, 2.24) is 4.90 Å². The highest BCUT2D eigenvalue weighted by Crippen LogP contribution is 2.45. The second kappa shape index (κ2) is 3.58. The monoisotopic (exact) mass is 244 g/mol. The van der Waals surface area contributed by atoms with E-state index in [1.54, 1.807) is 0 Å². The van der Waals surface area contributed by atoms with Gasteiger partial charge in [0.2, 0.25) is 5.91 Å². The molecule has 1 amide bonds. The topological polar surface area (TPSA) is 32.3 Å². The summed E-state index contributed by atoms with van der Waals surface area (Å²) >= 11 is 0. The van der Waals surface area contributed by atoms with Gasteiger partial charge in [-0.05, 0) is 38.8 Å². The van der Waals surface area contributed by atoms with Crippen LogP contribution in [0.3, 0.4) is 0 Å². The number of nitrogens with zero attached hydrogens (tertiary/aromatic N) is 1. The van der Waals surface area contributed by atoms with E-state index in [0.717, 1.165) is 25.2 Å². The van der Waals surface area contributed by atoms with Crippen molar-refractivity contribution in [2.75, 3.05) is 18.4 Å². The van der Waals surface area contributed by atoms with E-state index in [4.69, 9.17) is 0 Å². The maximum absolute atomic E-state index is 12.4. The first-order valence-electron chi connectivity index (χ1n) is 6.59. The van der Waals surface area contributed by atoms with E-state index in [9.17, 15) is 4.79 Å². The predicted octanol–water partition coefficient (Wildman–Crippen LogP) is 2.38. The van der Waals surface area contributed by atoms with Crippen molar-refractivity contribution in [2.45, 2.75) is 38.1 Å². The van der Waals surface area contributed by atoms with Gasteiger partial charge in [0, 0.05) is 24.3 Å². The van der Waals surface area contributed by atoms with Crippen LogP contribution in [0.2, 0.25) is 0 Å². The fourth-order valence-electron chi connectivity index (χ4n) is 3.16. The Kier molecular flexibility index (Phi) is 2.33. The smallest absolute Gasteiger partial charge is 0.236 e. The largest absolute Gasteiger partial charge is 0.325 e. The molecule has 0 aliphatic carbocycles. The van der Waals surface area contributed by atoms with Crippen LogP contribution >= 0.6 is 0 Å². The number of hydrogen-bond acceptors (Lipinski definition) is 2. The third-order valence-corrected chi connectivity index (χ3v) is 4.34. The molecule has 0 aromatic heterocycles. The molecule has 1 fully saturated rings. The van der Waals surface area contributed by atoms with Crippen LogP contribution in [0, 0.1) is 0 Å². The summed E-state index contributed by atoms with van der Waals surface area (Å²) in [6, 6.07) is 8.11. The number of fused-ring (bicyclic) bond motifs is 2. The summed E-state index contributed by atoms with van der Waals surface area (Å²) in [5, 5.41) is 3.04. The van der Waals surface area contributed by atoms with Gasteiger partial charge >= 0.3 is 0 Å². The Morgan fingerprint density at radius 3 is 2.67 bits per heavy atom. The molecule has 1 aromatic rings. The summed E-state index contributed by atoms with van der Waals surface area (Å²) in [5.41, 5.74) is 1.99. The Bertz CT molecular complexity index is 503. The quantitative estimate of drug-likeness (QED) is 0.760. The van der Waals surface area contributed by atoms with Gasteiger partial charge in [-0.3, -0.25) is 9.69 Å². The summed E-state index contributed by atoms with van der Waals surface area (Å²) in [5.74, 6) is 0.176. The molecule has 2 aliphatic rings.